The van der Waals surface area contributed by atoms with Crippen LogP contribution in [0.25, 0.3) is 0 Å². The van der Waals surface area contributed by atoms with E-state index in [2.05, 4.69) is 15.5 Å². The van der Waals surface area contributed by atoms with Crippen molar-refractivity contribution in [3.8, 4) is 0 Å². The van der Waals surface area contributed by atoms with E-state index in [1.807, 2.05) is 18.4 Å². The smallest absolute Gasteiger partial charge is 0.248 e. The topological polar surface area (TPSA) is 103 Å². The monoisotopic (exact) mass is 333 g/mol. The molecule has 0 aliphatic carbocycles. The Labute approximate surface area is 138 Å². The molecule has 0 aliphatic heterocycles. The Balaban J connectivity index is 1.99. The lowest BCUT2D eigenvalue weighted by Crippen LogP contribution is -2.23. The van der Waals surface area contributed by atoms with Gasteiger partial charge in [0.25, 0.3) is 0 Å². The summed E-state index contributed by atoms with van der Waals surface area (Å²) in [5.74, 6) is -0.653. The van der Waals surface area contributed by atoms with E-state index in [4.69, 9.17) is 5.73 Å². The van der Waals surface area contributed by atoms with Gasteiger partial charge in [-0.15, -0.1) is 10.2 Å². The van der Waals surface area contributed by atoms with Crippen LogP contribution < -0.4 is 11.1 Å². The van der Waals surface area contributed by atoms with Gasteiger partial charge in [0.05, 0.1) is 5.25 Å². The molecule has 2 aromatic rings. The Bertz CT molecular complexity index is 696. The molecule has 23 heavy (non-hydrogen) atoms. The first kappa shape index (κ1) is 17.0. The van der Waals surface area contributed by atoms with Gasteiger partial charge in [-0.1, -0.05) is 11.8 Å². The number of rotatable bonds is 6. The molecule has 0 unspecified atom stereocenters. The molecule has 0 bridgehead atoms. The highest BCUT2D eigenvalue weighted by Gasteiger charge is 2.18. The summed E-state index contributed by atoms with van der Waals surface area (Å²) in [5, 5.41) is 11.1. The van der Waals surface area contributed by atoms with Gasteiger partial charge in [-0.05, 0) is 45.0 Å². The number of nitrogens with zero attached hydrogens (tertiary/aromatic N) is 3. The fraction of sp³-hybridized carbons (Fsp3) is 0.333. The molecule has 2 rings (SSSR count). The SMILES string of the molecule is CC(C)n1cnnc1S[C@H](C)C(=O)Nc1ccc(C(N)=O)cc1. The van der Waals surface area contributed by atoms with Crippen LogP contribution in [0.15, 0.2) is 35.7 Å². The molecule has 1 aromatic heterocycles. The van der Waals surface area contributed by atoms with Gasteiger partial charge in [0.15, 0.2) is 5.16 Å². The van der Waals surface area contributed by atoms with E-state index < -0.39 is 5.91 Å². The molecule has 1 heterocycles. The van der Waals surface area contributed by atoms with Crippen molar-refractivity contribution in [1.29, 1.82) is 0 Å². The van der Waals surface area contributed by atoms with E-state index >= 15 is 0 Å². The molecule has 0 aliphatic rings. The number of carbonyl (C=O) groups is 2. The first-order valence-corrected chi connectivity index (χ1v) is 8.03. The first-order valence-electron chi connectivity index (χ1n) is 7.15. The maximum absolute atomic E-state index is 12.3. The predicted octanol–water partition coefficient (Wildman–Crippen LogP) is 2.08. The van der Waals surface area contributed by atoms with Gasteiger partial charge in [-0.3, -0.25) is 9.59 Å². The maximum atomic E-state index is 12.3. The van der Waals surface area contributed by atoms with Gasteiger partial charge in [-0.2, -0.15) is 0 Å². The summed E-state index contributed by atoms with van der Waals surface area (Å²) >= 11 is 1.34. The van der Waals surface area contributed by atoms with E-state index in [0.717, 1.165) is 0 Å². The molecule has 3 N–H and O–H groups in total. The Hall–Kier alpha value is -2.35. The molecule has 0 radical (unpaired) electrons. The third-order valence-corrected chi connectivity index (χ3v) is 4.26. The van der Waals surface area contributed by atoms with E-state index in [1.165, 1.54) is 11.8 Å². The number of amides is 2. The molecule has 0 saturated heterocycles. The van der Waals surface area contributed by atoms with Crippen LogP contribution in [0.3, 0.4) is 0 Å². The minimum absolute atomic E-state index is 0.153. The number of nitrogens with one attached hydrogen (secondary N) is 1. The Morgan fingerprint density at radius 2 is 1.87 bits per heavy atom. The average molecular weight is 333 g/mol. The molecule has 0 saturated carbocycles. The molecule has 0 fully saturated rings. The second kappa shape index (κ2) is 7.28. The second-order valence-electron chi connectivity index (χ2n) is 5.31. The molecular weight excluding hydrogens is 314 g/mol. The number of primary amides is 1. The summed E-state index contributed by atoms with van der Waals surface area (Å²) in [6.07, 6.45) is 1.65. The number of aromatic nitrogens is 3. The van der Waals surface area contributed by atoms with Crippen molar-refractivity contribution < 1.29 is 9.59 Å². The zero-order valence-electron chi connectivity index (χ0n) is 13.2. The molecule has 0 spiro atoms. The lowest BCUT2D eigenvalue weighted by atomic mass is 10.2. The fourth-order valence-corrected chi connectivity index (χ4v) is 2.80. The highest BCUT2D eigenvalue weighted by Crippen LogP contribution is 2.24. The van der Waals surface area contributed by atoms with Crippen molar-refractivity contribution in [3.05, 3.63) is 36.2 Å². The van der Waals surface area contributed by atoms with Crippen LogP contribution in [0.1, 0.15) is 37.2 Å². The third kappa shape index (κ3) is 4.32. The molecular formula is C15H19N5O2S. The summed E-state index contributed by atoms with van der Waals surface area (Å²) in [5.41, 5.74) is 6.19. The standard InChI is InChI=1S/C15H19N5O2S/c1-9(2)20-8-17-19-15(20)23-10(3)14(22)18-12-6-4-11(5-7-12)13(16)21/h4-10H,1-3H3,(H2,16,21)(H,18,22)/t10-/m1/s1. The van der Waals surface area contributed by atoms with Gasteiger partial charge in [0, 0.05) is 17.3 Å². The van der Waals surface area contributed by atoms with Gasteiger partial charge in [0.1, 0.15) is 6.33 Å². The van der Waals surface area contributed by atoms with Crippen molar-refractivity contribution in [3.63, 3.8) is 0 Å². The Morgan fingerprint density at radius 1 is 1.22 bits per heavy atom. The predicted molar refractivity (Wildman–Crippen MR) is 89.3 cm³/mol. The van der Waals surface area contributed by atoms with E-state index in [-0.39, 0.29) is 17.2 Å². The van der Waals surface area contributed by atoms with Gasteiger partial charge < -0.3 is 15.6 Å². The van der Waals surface area contributed by atoms with Crippen LogP contribution in [0.5, 0.6) is 0 Å². The molecule has 2 amide bonds. The largest absolute Gasteiger partial charge is 0.366 e. The zero-order valence-corrected chi connectivity index (χ0v) is 14.0. The highest BCUT2D eigenvalue weighted by atomic mass is 32.2. The number of carbonyl (C=O) groups excluding carboxylic acids is 2. The minimum atomic E-state index is -0.500. The van der Waals surface area contributed by atoms with Crippen molar-refractivity contribution >= 4 is 29.3 Å². The number of thioether (sulfide) groups is 1. The molecule has 8 heteroatoms. The van der Waals surface area contributed by atoms with Crippen LogP contribution >= 0.6 is 11.8 Å². The zero-order chi connectivity index (χ0) is 17.0. The maximum Gasteiger partial charge on any atom is 0.248 e. The number of hydrogen-bond acceptors (Lipinski definition) is 5. The summed E-state index contributed by atoms with van der Waals surface area (Å²) in [6, 6.07) is 6.66. The van der Waals surface area contributed by atoms with Crippen molar-refractivity contribution in [2.45, 2.75) is 37.2 Å². The molecule has 122 valence electrons. The lowest BCUT2D eigenvalue weighted by Gasteiger charge is -2.14. The van der Waals surface area contributed by atoms with E-state index in [9.17, 15) is 9.59 Å². The van der Waals surface area contributed by atoms with Crippen molar-refractivity contribution in [2.24, 2.45) is 5.73 Å². The first-order chi connectivity index (χ1) is 10.9. The summed E-state index contributed by atoms with van der Waals surface area (Å²) in [7, 11) is 0. The number of anilines is 1. The Morgan fingerprint density at radius 3 is 2.43 bits per heavy atom. The van der Waals surface area contributed by atoms with Crippen LogP contribution in [-0.4, -0.2) is 31.8 Å². The summed E-state index contributed by atoms with van der Waals surface area (Å²) < 4.78 is 1.91. The summed E-state index contributed by atoms with van der Waals surface area (Å²) in [4.78, 5) is 23.3. The van der Waals surface area contributed by atoms with Gasteiger partial charge in [0.2, 0.25) is 11.8 Å². The fourth-order valence-electron chi connectivity index (χ4n) is 1.84. The number of hydrogen-bond donors (Lipinski definition) is 2. The van der Waals surface area contributed by atoms with E-state index in [1.54, 1.807) is 37.5 Å². The molecule has 1 aromatic carbocycles. The second-order valence-corrected chi connectivity index (χ2v) is 6.61. The highest BCUT2D eigenvalue weighted by molar-refractivity contribution is 8.00. The van der Waals surface area contributed by atoms with Gasteiger partial charge >= 0.3 is 0 Å². The van der Waals surface area contributed by atoms with Crippen LogP contribution in [0, 0.1) is 0 Å². The minimum Gasteiger partial charge on any atom is -0.366 e. The quantitative estimate of drug-likeness (QED) is 0.788. The Kier molecular flexibility index (Phi) is 5.38. The third-order valence-electron chi connectivity index (χ3n) is 3.18. The summed E-state index contributed by atoms with van der Waals surface area (Å²) in [6.45, 7) is 5.86. The average Bonchev–Trinajstić information content (AvgIpc) is 2.96. The normalized spacial score (nSPS) is 12.2. The molecule has 1 atom stereocenters. The lowest BCUT2D eigenvalue weighted by molar-refractivity contribution is -0.115. The van der Waals surface area contributed by atoms with Crippen LogP contribution in [0.4, 0.5) is 5.69 Å². The van der Waals surface area contributed by atoms with E-state index in [0.29, 0.717) is 16.4 Å². The van der Waals surface area contributed by atoms with Crippen LogP contribution in [-0.2, 0) is 4.79 Å². The van der Waals surface area contributed by atoms with Gasteiger partial charge in [-0.25, -0.2) is 0 Å². The number of benzene rings is 1. The van der Waals surface area contributed by atoms with Crippen molar-refractivity contribution in [1.82, 2.24) is 14.8 Å². The number of nitrogens with two attached hydrogens (primary N) is 1. The van der Waals surface area contributed by atoms with Crippen LogP contribution in [0.2, 0.25) is 0 Å². The molecule has 7 nitrogen and oxygen atoms in total. The van der Waals surface area contributed by atoms with Crippen molar-refractivity contribution in [2.75, 3.05) is 5.32 Å².